The summed E-state index contributed by atoms with van der Waals surface area (Å²) in [5.74, 6) is -0.188. The number of aromatic nitrogens is 1. The molecule has 1 aliphatic heterocycles. The van der Waals surface area contributed by atoms with Crippen LogP contribution in [0.5, 0.6) is 0 Å². The lowest BCUT2D eigenvalue weighted by molar-refractivity contribution is 0.0955. The molecule has 2 rings (SSSR count). The van der Waals surface area contributed by atoms with Crippen LogP contribution in [0, 0.1) is 5.92 Å². The predicted molar refractivity (Wildman–Crippen MR) is 74.7 cm³/mol. The highest BCUT2D eigenvalue weighted by atomic mass is 32.2. The number of carbonyl (C=O) groups is 1. The van der Waals surface area contributed by atoms with Crippen molar-refractivity contribution in [2.75, 3.05) is 20.1 Å². The van der Waals surface area contributed by atoms with E-state index in [0.29, 0.717) is 18.8 Å². The van der Waals surface area contributed by atoms with Gasteiger partial charge in [0, 0.05) is 39.4 Å². The third-order valence-corrected chi connectivity index (χ3v) is 5.51. The Morgan fingerprint density at radius 2 is 2.10 bits per heavy atom. The lowest BCUT2D eigenvalue weighted by Crippen LogP contribution is -2.32. The molecule has 1 fully saturated rings. The summed E-state index contributed by atoms with van der Waals surface area (Å²) in [6, 6.07) is 1.25. The Hall–Kier alpha value is -1.38. The fraction of sp³-hybridized carbons (Fsp3) is 0.583. The van der Waals surface area contributed by atoms with E-state index in [1.807, 2.05) is 6.92 Å². The maximum Gasteiger partial charge on any atom is 0.267 e. The van der Waals surface area contributed by atoms with Gasteiger partial charge in [-0.25, -0.2) is 8.42 Å². The molecular formula is C12H20N4O3S. The van der Waals surface area contributed by atoms with E-state index in [2.05, 4.69) is 5.32 Å². The molecule has 0 bridgehead atoms. The standard InChI is InChI=1S/C12H20N4O3S/c1-8-5-16(7-10(8)13)20(18,19)9-4-11(12(17)14-2)15(3)6-9/h4,6,8,10H,5,7,13H2,1-3H3,(H,14,17). The van der Waals surface area contributed by atoms with Gasteiger partial charge in [0.05, 0.1) is 0 Å². The molecule has 1 aliphatic rings. The number of sulfonamides is 1. The topological polar surface area (TPSA) is 97.4 Å². The molecule has 1 amide bonds. The number of hydrogen-bond acceptors (Lipinski definition) is 4. The molecule has 0 aromatic carbocycles. The molecule has 3 N–H and O–H groups in total. The Bertz CT molecular complexity index is 613. The Kier molecular flexibility index (Phi) is 3.90. The molecule has 0 spiro atoms. The SMILES string of the molecule is CNC(=O)c1cc(S(=O)(=O)N2CC(C)C(N)C2)cn1C. The van der Waals surface area contributed by atoms with Gasteiger partial charge in [0.2, 0.25) is 10.0 Å². The van der Waals surface area contributed by atoms with Gasteiger partial charge in [0.15, 0.2) is 0 Å². The number of aryl methyl sites for hydroxylation is 1. The third kappa shape index (κ3) is 2.46. The highest BCUT2D eigenvalue weighted by molar-refractivity contribution is 7.89. The smallest absolute Gasteiger partial charge is 0.267 e. The molecule has 1 aromatic rings. The molecule has 2 unspecified atom stereocenters. The largest absolute Gasteiger partial charge is 0.354 e. The molecule has 0 radical (unpaired) electrons. The maximum absolute atomic E-state index is 12.5. The summed E-state index contributed by atoms with van der Waals surface area (Å²) >= 11 is 0. The van der Waals surface area contributed by atoms with Gasteiger partial charge >= 0.3 is 0 Å². The van der Waals surface area contributed by atoms with Crippen molar-refractivity contribution in [2.45, 2.75) is 17.9 Å². The molecule has 20 heavy (non-hydrogen) atoms. The summed E-state index contributed by atoms with van der Waals surface area (Å²) in [4.78, 5) is 11.8. The van der Waals surface area contributed by atoms with Crippen molar-refractivity contribution < 1.29 is 13.2 Å². The minimum absolute atomic E-state index is 0.125. The van der Waals surface area contributed by atoms with Crippen molar-refractivity contribution in [2.24, 2.45) is 18.7 Å². The zero-order valence-corrected chi connectivity index (χ0v) is 12.6. The van der Waals surface area contributed by atoms with E-state index in [0.717, 1.165) is 0 Å². The van der Waals surface area contributed by atoms with Gasteiger partial charge in [-0.3, -0.25) is 4.79 Å². The third-order valence-electron chi connectivity index (χ3n) is 3.71. The van der Waals surface area contributed by atoms with Crippen LogP contribution in [0.4, 0.5) is 0 Å². The summed E-state index contributed by atoms with van der Waals surface area (Å²) in [6.45, 7) is 2.66. The fourth-order valence-corrected chi connectivity index (χ4v) is 3.97. The van der Waals surface area contributed by atoms with Crippen LogP contribution in [0.25, 0.3) is 0 Å². The normalized spacial score (nSPS) is 24.0. The van der Waals surface area contributed by atoms with E-state index in [1.54, 1.807) is 7.05 Å². The Morgan fingerprint density at radius 1 is 1.45 bits per heavy atom. The second-order valence-corrected chi connectivity index (χ2v) is 7.15. The fourth-order valence-electron chi connectivity index (χ4n) is 2.32. The number of carbonyl (C=O) groups excluding carboxylic acids is 1. The average Bonchev–Trinajstić information content (AvgIpc) is 2.93. The van der Waals surface area contributed by atoms with E-state index in [-0.39, 0.29) is 22.8 Å². The zero-order chi connectivity index (χ0) is 15.1. The van der Waals surface area contributed by atoms with Crippen molar-refractivity contribution in [3.8, 4) is 0 Å². The van der Waals surface area contributed by atoms with Crippen LogP contribution in [-0.4, -0.2) is 49.4 Å². The number of nitrogens with zero attached hydrogens (tertiary/aromatic N) is 2. The molecule has 8 heteroatoms. The van der Waals surface area contributed by atoms with Crippen LogP contribution in [0.15, 0.2) is 17.2 Å². The summed E-state index contributed by atoms with van der Waals surface area (Å²) in [6.07, 6.45) is 1.45. The van der Waals surface area contributed by atoms with Crippen molar-refractivity contribution >= 4 is 15.9 Å². The first-order valence-corrected chi connectivity index (χ1v) is 7.85. The van der Waals surface area contributed by atoms with Crippen molar-refractivity contribution in [1.82, 2.24) is 14.2 Å². The molecule has 7 nitrogen and oxygen atoms in total. The van der Waals surface area contributed by atoms with Gasteiger partial charge < -0.3 is 15.6 Å². The first-order valence-electron chi connectivity index (χ1n) is 6.41. The van der Waals surface area contributed by atoms with Gasteiger partial charge in [-0.2, -0.15) is 4.31 Å². The highest BCUT2D eigenvalue weighted by Gasteiger charge is 2.36. The van der Waals surface area contributed by atoms with E-state index < -0.39 is 10.0 Å². The van der Waals surface area contributed by atoms with Gasteiger partial charge in [0.25, 0.3) is 5.91 Å². The Balaban J connectivity index is 2.34. The number of rotatable bonds is 3. The quantitative estimate of drug-likeness (QED) is 0.775. The van der Waals surface area contributed by atoms with Crippen molar-refractivity contribution in [3.05, 3.63) is 18.0 Å². The van der Waals surface area contributed by atoms with Gasteiger partial charge in [-0.15, -0.1) is 0 Å². The first-order chi connectivity index (χ1) is 9.27. The van der Waals surface area contributed by atoms with Crippen LogP contribution in [-0.2, 0) is 17.1 Å². The van der Waals surface area contributed by atoms with Crippen LogP contribution < -0.4 is 11.1 Å². The van der Waals surface area contributed by atoms with Gasteiger partial charge in [0.1, 0.15) is 10.6 Å². The van der Waals surface area contributed by atoms with Gasteiger partial charge in [-0.05, 0) is 12.0 Å². The van der Waals surface area contributed by atoms with Crippen LogP contribution >= 0.6 is 0 Å². The summed E-state index contributed by atoms with van der Waals surface area (Å²) < 4.78 is 27.9. The second kappa shape index (κ2) is 5.19. The zero-order valence-electron chi connectivity index (χ0n) is 11.8. The average molecular weight is 300 g/mol. The lowest BCUT2D eigenvalue weighted by Gasteiger charge is -2.14. The molecule has 1 saturated heterocycles. The van der Waals surface area contributed by atoms with E-state index >= 15 is 0 Å². The molecule has 1 aromatic heterocycles. The van der Waals surface area contributed by atoms with Crippen LogP contribution in [0.3, 0.4) is 0 Å². The second-order valence-electron chi connectivity index (χ2n) is 5.21. The van der Waals surface area contributed by atoms with Crippen LogP contribution in [0.2, 0.25) is 0 Å². The number of nitrogens with two attached hydrogens (primary N) is 1. The molecule has 0 saturated carbocycles. The van der Waals surface area contributed by atoms with Gasteiger partial charge in [-0.1, -0.05) is 6.92 Å². The monoisotopic (exact) mass is 300 g/mol. The molecule has 112 valence electrons. The number of hydrogen-bond donors (Lipinski definition) is 2. The molecular weight excluding hydrogens is 280 g/mol. The first kappa shape index (κ1) is 15.0. The summed E-state index contributed by atoms with van der Waals surface area (Å²) in [7, 11) is -0.450. The molecule has 2 atom stereocenters. The minimum atomic E-state index is -3.60. The Labute approximate surface area is 118 Å². The molecule has 0 aliphatic carbocycles. The maximum atomic E-state index is 12.5. The lowest BCUT2D eigenvalue weighted by atomic mass is 10.1. The van der Waals surface area contributed by atoms with E-state index in [1.165, 1.54) is 28.2 Å². The highest BCUT2D eigenvalue weighted by Crippen LogP contribution is 2.24. The summed E-state index contributed by atoms with van der Waals surface area (Å²) in [5, 5.41) is 2.48. The van der Waals surface area contributed by atoms with E-state index in [9.17, 15) is 13.2 Å². The summed E-state index contributed by atoms with van der Waals surface area (Å²) in [5.41, 5.74) is 6.18. The van der Waals surface area contributed by atoms with Crippen molar-refractivity contribution in [1.29, 1.82) is 0 Å². The Morgan fingerprint density at radius 3 is 2.60 bits per heavy atom. The van der Waals surface area contributed by atoms with Crippen molar-refractivity contribution in [3.63, 3.8) is 0 Å². The molecule has 2 heterocycles. The predicted octanol–water partition coefficient (Wildman–Crippen LogP) is -0.648. The number of amides is 1. The van der Waals surface area contributed by atoms with E-state index in [4.69, 9.17) is 5.73 Å². The van der Waals surface area contributed by atoms with Crippen LogP contribution in [0.1, 0.15) is 17.4 Å². The number of nitrogens with one attached hydrogen (secondary N) is 1. The minimum Gasteiger partial charge on any atom is -0.354 e.